The van der Waals surface area contributed by atoms with Gasteiger partial charge in [0.25, 0.3) is 0 Å². The van der Waals surface area contributed by atoms with Crippen LogP contribution in [0.3, 0.4) is 0 Å². The molecule has 1 aromatic carbocycles. The van der Waals surface area contributed by atoms with Gasteiger partial charge in [-0.25, -0.2) is 4.99 Å². The van der Waals surface area contributed by atoms with E-state index in [0.29, 0.717) is 5.92 Å². The van der Waals surface area contributed by atoms with Crippen LogP contribution in [-0.2, 0) is 13.1 Å². The average Bonchev–Trinajstić information content (AvgIpc) is 2.59. The Balaban J connectivity index is 2.00. The Morgan fingerprint density at radius 1 is 1.08 bits per heavy atom. The Morgan fingerprint density at radius 2 is 1.79 bits per heavy atom. The molecule has 2 N–H and O–H groups in total. The van der Waals surface area contributed by atoms with Crippen molar-refractivity contribution < 1.29 is 0 Å². The van der Waals surface area contributed by atoms with Gasteiger partial charge in [-0.2, -0.15) is 0 Å². The molecule has 1 saturated heterocycles. The minimum atomic E-state index is 0.611. The molecule has 1 fully saturated rings. The molecule has 1 heterocycles. The summed E-state index contributed by atoms with van der Waals surface area (Å²) in [4.78, 5) is 7.36. The summed E-state index contributed by atoms with van der Waals surface area (Å²) in [5.41, 5.74) is 2.76. The van der Waals surface area contributed by atoms with Crippen molar-refractivity contribution in [2.24, 2.45) is 10.9 Å². The van der Waals surface area contributed by atoms with Crippen LogP contribution in [0.4, 0.5) is 0 Å². The average molecular weight is 331 g/mol. The van der Waals surface area contributed by atoms with E-state index in [2.05, 4.69) is 60.6 Å². The fraction of sp³-hybridized carbons (Fsp3) is 0.650. The van der Waals surface area contributed by atoms with Crippen molar-refractivity contribution in [2.75, 3.05) is 26.2 Å². The molecule has 1 aromatic rings. The van der Waals surface area contributed by atoms with Crippen molar-refractivity contribution in [3.05, 3.63) is 35.4 Å². The van der Waals surface area contributed by atoms with Crippen LogP contribution in [0, 0.1) is 5.92 Å². The SMILES string of the molecule is CCNC(=NCc1ccccc1CN1CCCCC1)NCC(C)C. The number of hydrogen-bond donors (Lipinski definition) is 2. The predicted octanol–water partition coefficient (Wildman–Crippen LogP) is 3.38. The Morgan fingerprint density at radius 3 is 2.46 bits per heavy atom. The second-order valence-electron chi connectivity index (χ2n) is 7.08. The van der Waals surface area contributed by atoms with Crippen LogP contribution in [0.1, 0.15) is 51.2 Å². The normalized spacial score (nSPS) is 16.4. The molecular weight excluding hydrogens is 296 g/mol. The molecule has 0 unspecified atom stereocenters. The third-order valence-corrected chi connectivity index (χ3v) is 4.39. The maximum absolute atomic E-state index is 4.79. The number of aliphatic imine (C=N–C) groups is 1. The van der Waals surface area contributed by atoms with Gasteiger partial charge < -0.3 is 10.6 Å². The van der Waals surface area contributed by atoms with Crippen molar-refractivity contribution in [3.63, 3.8) is 0 Å². The van der Waals surface area contributed by atoms with Crippen LogP contribution in [0.25, 0.3) is 0 Å². The first-order valence-corrected chi connectivity index (χ1v) is 9.50. The fourth-order valence-corrected chi connectivity index (χ4v) is 3.03. The molecule has 134 valence electrons. The molecular formula is C20H34N4. The monoisotopic (exact) mass is 330 g/mol. The van der Waals surface area contributed by atoms with E-state index >= 15 is 0 Å². The smallest absolute Gasteiger partial charge is 0.191 e. The summed E-state index contributed by atoms with van der Waals surface area (Å²) in [5, 5.41) is 6.76. The Bertz CT molecular complexity index is 504. The van der Waals surface area contributed by atoms with Gasteiger partial charge in [-0.3, -0.25) is 4.90 Å². The number of guanidine groups is 1. The lowest BCUT2D eigenvalue weighted by Crippen LogP contribution is -2.39. The number of hydrogen-bond acceptors (Lipinski definition) is 2. The summed E-state index contributed by atoms with van der Waals surface area (Å²) in [6, 6.07) is 8.75. The largest absolute Gasteiger partial charge is 0.357 e. The highest BCUT2D eigenvalue weighted by Crippen LogP contribution is 2.16. The van der Waals surface area contributed by atoms with Gasteiger partial charge in [-0.1, -0.05) is 44.5 Å². The van der Waals surface area contributed by atoms with Crippen LogP contribution >= 0.6 is 0 Å². The highest BCUT2D eigenvalue weighted by Gasteiger charge is 2.12. The molecule has 0 spiro atoms. The van der Waals surface area contributed by atoms with E-state index in [1.165, 1.54) is 43.5 Å². The molecule has 0 radical (unpaired) electrons. The number of rotatable bonds is 7. The molecule has 1 aliphatic rings. The number of nitrogens with one attached hydrogen (secondary N) is 2. The first-order chi connectivity index (χ1) is 11.7. The number of likely N-dealkylation sites (tertiary alicyclic amines) is 1. The molecule has 2 rings (SSSR count). The molecule has 0 aliphatic carbocycles. The van der Waals surface area contributed by atoms with Gasteiger partial charge in [0.1, 0.15) is 0 Å². The van der Waals surface area contributed by atoms with E-state index in [1.54, 1.807) is 0 Å². The van der Waals surface area contributed by atoms with Crippen molar-refractivity contribution in [2.45, 2.75) is 53.1 Å². The first-order valence-electron chi connectivity index (χ1n) is 9.50. The van der Waals surface area contributed by atoms with E-state index in [9.17, 15) is 0 Å². The van der Waals surface area contributed by atoms with Gasteiger partial charge >= 0.3 is 0 Å². The molecule has 0 aromatic heterocycles. The van der Waals surface area contributed by atoms with E-state index in [4.69, 9.17) is 4.99 Å². The molecule has 24 heavy (non-hydrogen) atoms. The van der Waals surface area contributed by atoms with Gasteiger partial charge in [-0.05, 0) is 49.9 Å². The molecule has 0 atom stereocenters. The molecule has 1 aliphatic heterocycles. The molecule has 4 heteroatoms. The Kier molecular flexibility index (Phi) is 8.10. The van der Waals surface area contributed by atoms with E-state index in [0.717, 1.165) is 32.1 Å². The second kappa shape index (κ2) is 10.3. The van der Waals surface area contributed by atoms with Gasteiger partial charge in [0.15, 0.2) is 5.96 Å². The van der Waals surface area contributed by atoms with Gasteiger partial charge in [0, 0.05) is 19.6 Å². The van der Waals surface area contributed by atoms with Crippen molar-refractivity contribution in [3.8, 4) is 0 Å². The molecule has 0 amide bonds. The standard InChI is InChI=1S/C20H34N4/c1-4-21-20(22-14-17(2)3)23-15-18-10-6-7-11-19(18)16-24-12-8-5-9-13-24/h6-7,10-11,17H,4-5,8-9,12-16H2,1-3H3,(H2,21,22,23). The highest BCUT2D eigenvalue weighted by molar-refractivity contribution is 5.79. The summed E-state index contributed by atoms with van der Waals surface area (Å²) in [5.74, 6) is 1.53. The minimum absolute atomic E-state index is 0.611. The quantitative estimate of drug-likeness (QED) is 0.595. The summed E-state index contributed by atoms with van der Waals surface area (Å²) >= 11 is 0. The topological polar surface area (TPSA) is 39.7 Å². The lowest BCUT2D eigenvalue weighted by molar-refractivity contribution is 0.220. The first kappa shape index (κ1) is 18.8. The molecule has 4 nitrogen and oxygen atoms in total. The minimum Gasteiger partial charge on any atom is -0.357 e. The summed E-state index contributed by atoms with van der Waals surface area (Å²) in [6.07, 6.45) is 4.06. The van der Waals surface area contributed by atoms with Crippen molar-refractivity contribution in [1.29, 1.82) is 0 Å². The van der Waals surface area contributed by atoms with Crippen LogP contribution in [-0.4, -0.2) is 37.0 Å². The summed E-state index contributed by atoms with van der Waals surface area (Å²) in [6.45, 7) is 12.6. The predicted molar refractivity (Wildman–Crippen MR) is 103 cm³/mol. The van der Waals surface area contributed by atoms with Gasteiger partial charge in [0.05, 0.1) is 6.54 Å². The lowest BCUT2D eigenvalue weighted by Gasteiger charge is -2.27. The Hall–Kier alpha value is -1.55. The summed E-state index contributed by atoms with van der Waals surface area (Å²) in [7, 11) is 0. The number of benzene rings is 1. The number of piperidine rings is 1. The Labute approximate surface area is 147 Å². The van der Waals surface area contributed by atoms with Crippen LogP contribution < -0.4 is 10.6 Å². The summed E-state index contributed by atoms with van der Waals surface area (Å²) < 4.78 is 0. The zero-order valence-corrected chi connectivity index (χ0v) is 15.6. The van der Waals surface area contributed by atoms with Gasteiger partial charge in [0.2, 0.25) is 0 Å². The number of nitrogens with zero attached hydrogens (tertiary/aromatic N) is 2. The third-order valence-electron chi connectivity index (χ3n) is 4.39. The van der Waals surface area contributed by atoms with E-state index in [-0.39, 0.29) is 0 Å². The highest BCUT2D eigenvalue weighted by atomic mass is 15.2. The third kappa shape index (κ3) is 6.52. The maximum atomic E-state index is 4.79. The van der Waals surface area contributed by atoms with Crippen molar-refractivity contribution >= 4 is 5.96 Å². The fourth-order valence-electron chi connectivity index (χ4n) is 3.03. The maximum Gasteiger partial charge on any atom is 0.191 e. The van der Waals surface area contributed by atoms with E-state index in [1.807, 2.05) is 0 Å². The molecule has 0 saturated carbocycles. The second-order valence-corrected chi connectivity index (χ2v) is 7.08. The van der Waals surface area contributed by atoms with Crippen LogP contribution in [0.15, 0.2) is 29.3 Å². The van der Waals surface area contributed by atoms with Crippen molar-refractivity contribution in [1.82, 2.24) is 15.5 Å². The zero-order chi connectivity index (χ0) is 17.2. The zero-order valence-electron chi connectivity index (χ0n) is 15.6. The van der Waals surface area contributed by atoms with E-state index < -0.39 is 0 Å². The van der Waals surface area contributed by atoms with Gasteiger partial charge in [-0.15, -0.1) is 0 Å². The lowest BCUT2D eigenvalue weighted by atomic mass is 10.1. The molecule has 0 bridgehead atoms. The van der Waals surface area contributed by atoms with Crippen LogP contribution in [0.2, 0.25) is 0 Å². The van der Waals surface area contributed by atoms with Crippen LogP contribution in [0.5, 0.6) is 0 Å².